The molecule has 1 aromatic rings. The molecule has 0 aliphatic heterocycles. The monoisotopic (exact) mass is 242 g/mol. The molecule has 0 heterocycles. The number of ether oxygens (including phenoxy) is 1. The van der Waals surface area contributed by atoms with Crippen molar-refractivity contribution in [3.8, 4) is 0 Å². The maximum atomic E-state index is 12.2. The van der Waals surface area contributed by atoms with Gasteiger partial charge in [0, 0.05) is 6.42 Å². The fourth-order valence-corrected chi connectivity index (χ4v) is 1.97. The number of Topliss-reactive ketones (excluding diaryl/α,β-unsaturated/α-hetero) is 1. The molecule has 1 aromatic carbocycles. The zero-order chi connectivity index (χ0) is 13.0. The van der Waals surface area contributed by atoms with Gasteiger partial charge in [0.15, 0.2) is 11.6 Å². The molecular formula is C15H14O3. The number of methoxy groups -OCH3 is 1. The molecule has 0 radical (unpaired) electrons. The molecule has 1 aliphatic carbocycles. The Labute approximate surface area is 106 Å². The van der Waals surface area contributed by atoms with E-state index in [0.29, 0.717) is 5.76 Å². The molecule has 3 heteroatoms. The molecule has 0 saturated heterocycles. The maximum absolute atomic E-state index is 12.2. The van der Waals surface area contributed by atoms with E-state index in [2.05, 4.69) is 0 Å². The van der Waals surface area contributed by atoms with Crippen molar-refractivity contribution in [3.63, 3.8) is 0 Å². The van der Waals surface area contributed by atoms with Gasteiger partial charge in [0.25, 0.3) is 0 Å². The van der Waals surface area contributed by atoms with Crippen molar-refractivity contribution in [3.05, 3.63) is 59.9 Å². The van der Waals surface area contributed by atoms with Crippen LogP contribution in [0.15, 0.2) is 54.3 Å². The number of rotatable bonds is 4. The van der Waals surface area contributed by atoms with Crippen LogP contribution < -0.4 is 0 Å². The molecule has 18 heavy (non-hydrogen) atoms. The number of ketones is 2. The lowest BCUT2D eigenvalue weighted by Gasteiger charge is -2.17. The average Bonchev–Trinajstić information content (AvgIpc) is 2.39. The average molecular weight is 242 g/mol. The van der Waals surface area contributed by atoms with Crippen molar-refractivity contribution in [2.24, 2.45) is 5.92 Å². The second-order valence-corrected chi connectivity index (χ2v) is 4.10. The minimum atomic E-state index is -0.791. The number of carbonyl (C=O) groups excluding carboxylic acids is 2. The summed E-state index contributed by atoms with van der Waals surface area (Å²) in [6, 6.07) is 9.38. The summed E-state index contributed by atoms with van der Waals surface area (Å²) < 4.78 is 5.10. The minimum Gasteiger partial charge on any atom is -0.500 e. The van der Waals surface area contributed by atoms with Crippen LogP contribution in [0, 0.1) is 5.92 Å². The largest absolute Gasteiger partial charge is 0.500 e. The van der Waals surface area contributed by atoms with Crippen LogP contribution in [-0.4, -0.2) is 18.7 Å². The third kappa shape index (κ3) is 2.56. The van der Waals surface area contributed by atoms with E-state index in [-0.39, 0.29) is 18.0 Å². The van der Waals surface area contributed by atoms with Gasteiger partial charge in [-0.25, -0.2) is 0 Å². The number of benzene rings is 1. The highest BCUT2D eigenvalue weighted by Crippen LogP contribution is 2.21. The summed E-state index contributed by atoms with van der Waals surface area (Å²) in [7, 11) is 1.47. The molecule has 0 bridgehead atoms. The van der Waals surface area contributed by atoms with E-state index in [1.807, 2.05) is 30.3 Å². The van der Waals surface area contributed by atoms with Crippen LogP contribution in [0.1, 0.15) is 5.56 Å². The molecule has 0 aromatic heterocycles. The van der Waals surface area contributed by atoms with Gasteiger partial charge in [-0.15, -0.1) is 0 Å². The molecule has 1 atom stereocenters. The van der Waals surface area contributed by atoms with Gasteiger partial charge in [0.05, 0.1) is 7.11 Å². The molecule has 0 N–H and O–H groups in total. The van der Waals surface area contributed by atoms with E-state index < -0.39 is 5.92 Å². The first-order chi connectivity index (χ1) is 8.72. The Balaban J connectivity index is 2.16. The van der Waals surface area contributed by atoms with Crippen molar-refractivity contribution < 1.29 is 14.3 Å². The van der Waals surface area contributed by atoms with Crippen LogP contribution in [0.4, 0.5) is 0 Å². The number of carbonyl (C=O) groups is 2. The molecule has 0 spiro atoms. The van der Waals surface area contributed by atoms with Crippen LogP contribution in [0.3, 0.4) is 0 Å². The second-order valence-electron chi connectivity index (χ2n) is 4.10. The number of hydrogen-bond acceptors (Lipinski definition) is 3. The number of allylic oxidation sites excluding steroid dienone is 4. The zero-order valence-corrected chi connectivity index (χ0v) is 10.1. The quantitative estimate of drug-likeness (QED) is 0.759. The summed E-state index contributed by atoms with van der Waals surface area (Å²) in [5.41, 5.74) is 0.903. The lowest BCUT2D eigenvalue weighted by molar-refractivity contribution is -0.129. The molecule has 0 saturated carbocycles. The summed E-state index contributed by atoms with van der Waals surface area (Å²) in [6.07, 6.45) is 4.92. The van der Waals surface area contributed by atoms with E-state index in [0.717, 1.165) is 5.56 Å². The molecule has 0 amide bonds. The molecule has 1 aliphatic rings. The predicted molar refractivity (Wildman–Crippen MR) is 67.9 cm³/mol. The Bertz CT molecular complexity index is 512. The van der Waals surface area contributed by atoms with Crippen molar-refractivity contribution in [1.82, 2.24) is 0 Å². The Morgan fingerprint density at radius 2 is 2.00 bits per heavy atom. The smallest absolute Gasteiger partial charge is 0.173 e. The number of hydrogen-bond donors (Lipinski definition) is 0. The normalized spacial score (nSPS) is 18.4. The minimum absolute atomic E-state index is 0.136. The van der Waals surface area contributed by atoms with Gasteiger partial charge >= 0.3 is 0 Å². The third-order valence-electron chi connectivity index (χ3n) is 2.87. The standard InChI is InChI=1S/C15H14O3/c1-18-14-9-5-8-12(16)15(14)13(17)10-11-6-3-2-4-7-11/h2-9,15H,10H2,1H3. The zero-order valence-electron chi connectivity index (χ0n) is 10.1. The first-order valence-corrected chi connectivity index (χ1v) is 5.75. The van der Waals surface area contributed by atoms with E-state index >= 15 is 0 Å². The van der Waals surface area contributed by atoms with Gasteiger partial charge in [-0.05, 0) is 17.7 Å². The summed E-state index contributed by atoms with van der Waals surface area (Å²) in [4.78, 5) is 23.9. The fourth-order valence-electron chi connectivity index (χ4n) is 1.97. The van der Waals surface area contributed by atoms with Crippen LogP contribution >= 0.6 is 0 Å². The predicted octanol–water partition coefficient (Wildman–Crippen LogP) is 2.08. The van der Waals surface area contributed by atoms with Crippen molar-refractivity contribution in [2.75, 3.05) is 7.11 Å². The van der Waals surface area contributed by atoms with Crippen LogP contribution in [-0.2, 0) is 20.7 Å². The lowest BCUT2D eigenvalue weighted by Crippen LogP contribution is -2.28. The van der Waals surface area contributed by atoms with Gasteiger partial charge < -0.3 is 4.74 Å². The van der Waals surface area contributed by atoms with E-state index in [1.54, 1.807) is 12.2 Å². The topological polar surface area (TPSA) is 43.4 Å². The van der Waals surface area contributed by atoms with Crippen LogP contribution in [0.25, 0.3) is 0 Å². The van der Waals surface area contributed by atoms with Crippen molar-refractivity contribution >= 4 is 11.6 Å². The second kappa shape index (κ2) is 5.45. The summed E-state index contributed by atoms with van der Waals surface area (Å²) in [5.74, 6) is -0.720. The Morgan fingerprint density at radius 1 is 1.28 bits per heavy atom. The first-order valence-electron chi connectivity index (χ1n) is 5.75. The molecular weight excluding hydrogens is 228 g/mol. The third-order valence-corrected chi connectivity index (χ3v) is 2.87. The molecule has 3 nitrogen and oxygen atoms in total. The molecule has 1 unspecified atom stereocenters. The van der Waals surface area contributed by atoms with Crippen molar-refractivity contribution in [2.45, 2.75) is 6.42 Å². The van der Waals surface area contributed by atoms with Gasteiger partial charge in [-0.2, -0.15) is 0 Å². The Hall–Kier alpha value is -2.16. The summed E-state index contributed by atoms with van der Waals surface area (Å²) in [6.45, 7) is 0. The van der Waals surface area contributed by atoms with E-state index in [4.69, 9.17) is 4.74 Å². The molecule has 92 valence electrons. The van der Waals surface area contributed by atoms with E-state index in [9.17, 15) is 9.59 Å². The van der Waals surface area contributed by atoms with Crippen LogP contribution in [0.2, 0.25) is 0 Å². The van der Waals surface area contributed by atoms with E-state index in [1.165, 1.54) is 13.2 Å². The summed E-state index contributed by atoms with van der Waals surface area (Å²) in [5, 5.41) is 0. The van der Waals surface area contributed by atoms with Gasteiger partial charge in [0.2, 0.25) is 0 Å². The Kier molecular flexibility index (Phi) is 3.72. The molecule has 0 fully saturated rings. The van der Waals surface area contributed by atoms with Gasteiger partial charge in [-0.1, -0.05) is 36.4 Å². The SMILES string of the molecule is COC1=CC=CC(=O)C1C(=O)Cc1ccccc1. The van der Waals surface area contributed by atoms with Gasteiger partial charge in [0.1, 0.15) is 11.7 Å². The van der Waals surface area contributed by atoms with Gasteiger partial charge in [-0.3, -0.25) is 9.59 Å². The first kappa shape index (κ1) is 12.3. The molecule has 2 rings (SSSR count). The fraction of sp³-hybridized carbons (Fsp3) is 0.200. The summed E-state index contributed by atoms with van der Waals surface area (Å²) >= 11 is 0. The highest BCUT2D eigenvalue weighted by atomic mass is 16.5. The lowest BCUT2D eigenvalue weighted by atomic mass is 9.89. The highest BCUT2D eigenvalue weighted by Gasteiger charge is 2.30. The van der Waals surface area contributed by atoms with Crippen LogP contribution in [0.5, 0.6) is 0 Å². The maximum Gasteiger partial charge on any atom is 0.173 e. The highest BCUT2D eigenvalue weighted by molar-refractivity contribution is 6.11. The Morgan fingerprint density at radius 3 is 2.67 bits per heavy atom. The van der Waals surface area contributed by atoms with Crippen molar-refractivity contribution in [1.29, 1.82) is 0 Å².